The van der Waals surface area contributed by atoms with Gasteiger partial charge in [0.25, 0.3) is 0 Å². The van der Waals surface area contributed by atoms with Gasteiger partial charge in [-0.05, 0) is 86.9 Å². The first-order chi connectivity index (χ1) is 23.3. The number of carbonyl (C=O) groups excluding carboxylic acids is 1. The summed E-state index contributed by atoms with van der Waals surface area (Å²) in [6.45, 7) is 7.32. The summed E-state index contributed by atoms with van der Waals surface area (Å²) in [7, 11) is 0. The minimum atomic E-state index is -9.19. The molecule has 4 nitrogen and oxygen atoms in total. The van der Waals surface area contributed by atoms with E-state index in [9.17, 15) is 32.0 Å². The number of esters is 1. The molecule has 4 aromatic carbocycles. The Labute approximate surface area is 294 Å². The van der Waals surface area contributed by atoms with E-state index in [0.717, 1.165) is 54.2 Å². The number of halogens is 9. The fourth-order valence-corrected chi connectivity index (χ4v) is 6.06. The molecule has 0 aromatic heterocycles. The van der Waals surface area contributed by atoms with E-state index in [0.29, 0.717) is 12.1 Å². The predicted octanol–water partition coefficient (Wildman–Crippen LogP) is 7.54. The number of hydrogen-bond acceptors (Lipinski definition) is 3. The summed E-state index contributed by atoms with van der Waals surface area (Å²) < 4.78 is 95.7. The number of allylic oxidation sites excluding steroid dienone is 1. The molecule has 0 radical (unpaired) electrons. The van der Waals surface area contributed by atoms with E-state index in [2.05, 4.69) is 77.9 Å². The average molecular weight is 831 g/mol. The number of ether oxygens (including phenoxy) is 1. The van der Waals surface area contributed by atoms with Crippen molar-refractivity contribution in [2.45, 2.75) is 44.8 Å². The molecule has 2 heterocycles. The summed E-state index contributed by atoms with van der Waals surface area (Å²) in [4.78, 5) is 15.1. The Balaban J connectivity index is 0.000000768. The molecular weight excluding hydrogens is 797 g/mol. The van der Waals surface area contributed by atoms with E-state index in [1.165, 1.54) is 29.8 Å². The van der Waals surface area contributed by atoms with Crippen LogP contribution < -0.4 is 14.3 Å². The molecule has 0 amide bonds. The number of nitrogens with zero attached hydrogens (tertiary/aromatic N) is 2. The second-order valence-electron chi connectivity index (χ2n) is 12.5. The summed E-state index contributed by atoms with van der Waals surface area (Å²) in [5.74, 6) is -0.574. The van der Waals surface area contributed by atoms with Crippen LogP contribution in [0.3, 0.4) is 0 Å². The minimum absolute atomic E-state index is 0. The third kappa shape index (κ3) is 10.6. The van der Waals surface area contributed by atoms with Gasteiger partial charge in [-0.3, -0.25) is 0 Å². The first kappa shape index (κ1) is 39.5. The van der Waals surface area contributed by atoms with Crippen LogP contribution in [-0.2, 0) is 18.1 Å². The van der Waals surface area contributed by atoms with Gasteiger partial charge in [0.05, 0.1) is 16.5 Å². The van der Waals surface area contributed by atoms with Gasteiger partial charge in [0.1, 0.15) is 5.75 Å². The first-order valence-corrected chi connectivity index (χ1v) is 20.5. The second kappa shape index (κ2) is 15.2. The maximum absolute atomic E-state index is 12.8. The van der Waals surface area contributed by atoms with Crippen molar-refractivity contribution in [1.82, 2.24) is 0 Å². The van der Waals surface area contributed by atoms with E-state index < -0.39 is 38.0 Å². The van der Waals surface area contributed by atoms with Crippen molar-refractivity contribution in [3.05, 3.63) is 131 Å². The molecule has 6 rings (SSSR count). The molecule has 2 aliphatic rings. The molecule has 0 unspecified atom stereocenters. The van der Waals surface area contributed by atoms with E-state index in [-0.39, 0.29) is 15.9 Å². The maximum atomic E-state index is 12.8. The average Bonchev–Trinajstić information content (AvgIpc) is 3.65. The van der Waals surface area contributed by atoms with Crippen LogP contribution in [0.5, 0.6) is 5.75 Å². The normalized spacial score (nSPS) is 16.1. The van der Waals surface area contributed by atoms with Crippen molar-refractivity contribution < 1.29 is 46.0 Å². The zero-order valence-electron chi connectivity index (χ0n) is 27.5. The van der Waals surface area contributed by atoms with Crippen molar-refractivity contribution in [3.63, 3.8) is 0 Å². The predicted molar refractivity (Wildman–Crippen MR) is 179 cm³/mol. The van der Waals surface area contributed by atoms with Gasteiger partial charge >= 0.3 is 46.5 Å². The summed E-state index contributed by atoms with van der Waals surface area (Å²) in [6, 6.07) is 28.4. The number of hydrogen-bond donors (Lipinski definition) is 0. The molecule has 1 fully saturated rings. The van der Waals surface area contributed by atoms with Gasteiger partial charge in [0, 0.05) is 42.0 Å². The molecule has 14 heteroatoms. The van der Waals surface area contributed by atoms with Crippen LogP contribution in [0.1, 0.15) is 59.3 Å². The molecule has 0 aliphatic carbocycles. The summed E-state index contributed by atoms with van der Waals surface area (Å²) in [5, 5.41) is 0. The van der Waals surface area contributed by atoms with Crippen LogP contribution in [-0.4, -0.2) is 49.6 Å². The number of rotatable bonds is 7. The Morgan fingerprint density at radius 2 is 1.39 bits per heavy atom. The number of alkyl halides is 3. The van der Waals surface area contributed by atoms with Crippen molar-refractivity contribution in [3.8, 4) is 5.75 Å². The Morgan fingerprint density at radius 1 is 0.824 bits per heavy atom. The first-order valence-electron chi connectivity index (χ1n) is 15.7. The number of para-hydroxylation sites is 1. The van der Waals surface area contributed by atoms with Crippen LogP contribution in [0.2, 0.25) is 0 Å². The van der Waals surface area contributed by atoms with Crippen LogP contribution in [0.25, 0.3) is 6.08 Å². The second-order valence-corrected chi connectivity index (χ2v) is 16.1. The Morgan fingerprint density at radius 3 is 1.96 bits per heavy atom. The molecule has 2 aliphatic heterocycles. The SMILES string of the molecule is CC1(C)C(/C=C/c2ccc(N3CCCC3)cc2)=[N+](Cc2ccc(C(=O)Oc3ccc(C(F)(F)F)cc3)cc2)c2ccccc21.[F-].[F][Sb]([F])([F])([F])[F]. The van der Waals surface area contributed by atoms with Crippen molar-refractivity contribution in [2.24, 2.45) is 0 Å². The molecule has 0 bridgehead atoms. The van der Waals surface area contributed by atoms with Crippen LogP contribution in [0.15, 0.2) is 103 Å². The van der Waals surface area contributed by atoms with Gasteiger partial charge in [0.2, 0.25) is 5.69 Å². The fraction of sp³-hybridized carbons (Fsp3) is 0.243. The van der Waals surface area contributed by atoms with Crippen molar-refractivity contribution in [1.29, 1.82) is 0 Å². The van der Waals surface area contributed by atoms with Gasteiger partial charge in [0.15, 0.2) is 12.3 Å². The fourth-order valence-electron chi connectivity index (χ4n) is 6.06. The molecule has 0 saturated carbocycles. The van der Waals surface area contributed by atoms with Gasteiger partial charge < -0.3 is 14.3 Å². The topological polar surface area (TPSA) is 32.5 Å². The van der Waals surface area contributed by atoms with Crippen LogP contribution in [0.4, 0.5) is 38.6 Å². The van der Waals surface area contributed by atoms with Crippen LogP contribution >= 0.6 is 0 Å². The Kier molecular flexibility index (Phi) is 11.7. The van der Waals surface area contributed by atoms with Gasteiger partial charge in [-0.1, -0.05) is 42.5 Å². The third-order valence-corrected chi connectivity index (χ3v) is 8.52. The molecule has 0 N–H and O–H groups in total. The van der Waals surface area contributed by atoms with Gasteiger partial charge in [-0.15, -0.1) is 0 Å². The zero-order chi connectivity index (χ0) is 36.3. The van der Waals surface area contributed by atoms with Crippen molar-refractivity contribution in [2.75, 3.05) is 18.0 Å². The molecule has 1 saturated heterocycles. The molecule has 272 valence electrons. The third-order valence-electron chi connectivity index (χ3n) is 8.52. The van der Waals surface area contributed by atoms with Gasteiger partial charge in [-0.2, -0.15) is 17.7 Å². The number of benzene rings is 4. The number of carbonyl (C=O) groups is 1. The molecule has 51 heavy (non-hydrogen) atoms. The molecule has 4 aromatic rings. The molecular formula is C37H34F9N2O2Sb. The van der Waals surface area contributed by atoms with Crippen LogP contribution in [0, 0.1) is 0 Å². The summed E-state index contributed by atoms with van der Waals surface area (Å²) in [6.07, 6.45) is 2.43. The quantitative estimate of drug-likeness (QED) is 0.0635. The Hall–Kier alpha value is -4.25. The number of fused-ring (bicyclic) bond motifs is 1. The summed E-state index contributed by atoms with van der Waals surface area (Å²) in [5.41, 5.74) is 6.29. The molecule has 0 spiro atoms. The molecule has 0 atom stereocenters. The van der Waals surface area contributed by atoms with Crippen molar-refractivity contribution >= 4 is 49.4 Å². The standard InChI is InChI=1S/C37H34F3N2O2.6FH.Sb/c1-36(2)32-7-3-4-8-33(32)42(34(36)22-13-26-11-18-30(19-12-26)41-23-5-6-24-41)25-27-9-14-28(15-10-27)35(43)44-31-20-16-29(17-21-31)37(38,39)40;;;;;;;/h3-4,7-22H,5-6,23-25H2,1-2H3;6*1H;/q+1;;;;;;;+5/p-6. The van der Waals surface area contributed by atoms with E-state index in [4.69, 9.17) is 4.74 Å². The van der Waals surface area contributed by atoms with E-state index >= 15 is 0 Å². The van der Waals surface area contributed by atoms with E-state index in [1.807, 2.05) is 18.2 Å². The summed E-state index contributed by atoms with van der Waals surface area (Å²) >= 11 is -9.19. The monoisotopic (exact) mass is 830 g/mol. The Bertz CT molecular complexity index is 1880. The van der Waals surface area contributed by atoms with E-state index in [1.54, 1.807) is 12.1 Å². The van der Waals surface area contributed by atoms with Gasteiger partial charge in [-0.25, -0.2) is 4.79 Å². The number of anilines is 1. The zero-order valence-corrected chi connectivity index (χ0v) is 30.0.